The van der Waals surface area contributed by atoms with Crippen LogP contribution in [0.2, 0.25) is 0 Å². The molecule has 17 heavy (non-hydrogen) atoms. The third kappa shape index (κ3) is 1.78. The summed E-state index contributed by atoms with van der Waals surface area (Å²) in [6, 6.07) is 9.12. The first kappa shape index (κ1) is 9.97. The van der Waals surface area contributed by atoms with Gasteiger partial charge in [0.15, 0.2) is 0 Å². The second-order valence-electron chi connectivity index (χ2n) is 4.04. The van der Waals surface area contributed by atoms with Gasteiger partial charge in [0.25, 0.3) is 0 Å². The zero-order chi connectivity index (χ0) is 11.7. The van der Waals surface area contributed by atoms with Gasteiger partial charge in [-0.2, -0.15) is 0 Å². The van der Waals surface area contributed by atoms with Crippen molar-refractivity contribution in [2.75, 3.05) is 0 Å². The third-order valence-electron chi connectivity index (χ3n) is 2.92. The summed E-state index contributed by atoms with van der Waals surface area (Å²) in [7, 11) is 0. The highest BCUT2D eigenvalue weighted by molar-refractivity contribution is 5.67. The highest BCUT2D eigenvalue weighted by Crippen LogP contribution is 2.34. The molecule has 0 bridgehead atoms. The topological polar surface area (TPSA) is 33.4 Å². The first-order valence-corrected chi connectivity index (χ1v) is 5.56. The zero-order valence-electron chi connectivity index (χ0n) is 9.21. The third-order valence-corrected chi connectivity index (χ3v) is 2.92. The quantitative estimate of drug-likeness (QED) is 0.840. The maximum Gasteiger partial charge on any atom is 0.122 e. The molecule has 0 atom stereocenters. The first-order valence-electron chi connectivity index (χ1n) is 5.56. The van der Waals surface area contributed by atoms with Crippen LogP contribution < -0.4 is 0 Å². The van der Waals surface area contributed by atoms with Gasteiger partial charge in [-0.15, -0.1) is 0 Å². The van der Waals surface area contributed by atoms with Gasteiger partial charge in [-0.1, -0.05) is 36.4 Å². The van der Waals surface area contributed by atoms with Gasteiger partial charge in [-0.25, -0.2) is 0 Å². The Bertz CT molecular complexity index is 561. The fourth-order valence-corrected chi connectivity index (χ4v) is 2.07. The van der Waals surface area contributed by atoms with E-state index in [1.54, 1.807) is 18.4 Å². The minimum absolute atomic E-state index is 0.216. The number of allylic oxidation sites excluding steroid dienone is 4. The molecule has 84 valence electrons. The van der Waals surface area contributed by atoms with Crippen LogP contribution in [-0.4, -0.2) is 5.11 Å². The monoisotopic (exact) mass is 224 g/mol. The van der Waals surface area contributed by atoms with E-state index in [-0.39, 0.29) is 11.7 Å². The van der Waals surface area contributed by atoms with E-state index in [2.05, 4.69) is 12.2 Å². The summed E-state index contributed by atoms with van der Waals surface area (Å²) in [5.74, 6) is 1.44. The lowest BCUT2D eigenvalue weighted by molar-refractivity contribution is 0.475. The van der Waals surface area contributed by atoms with Crippen molar-refractivity contribution in [2.45, 2.75) is 5.92 Å². The lowest BCUT2D eigenvalue weighted by Gasteiger charge is -2.06. The molecule has 0 saturated carbocycles. The molecule has 3 rings (SSSR count). The van der Waals surface area contributed by atoms with Crippen LogP contribution >= 0.6 is 0 Å². The number of furan rings is 1. The van der Waals surface area contributed by atoms with Crippen LogP contribution in [0.15, 0.2) is 65.3 Å². The molecule has 1 heterocycles. The van der Waals surface area contributed by atoms with Crippen LogP contribution in [0.3, 0.4) is 0 Å². The fraction of sp³-hybridized carbons (Fsp3) is 0.0667. The van der Waals surface area contributed by atoms with Crippen molar-refractivity contribution in [3.63, 3.8) is 0 Å². The van der Waals surface area contributed by atoms with E-state index in [9.17, 15) is 5.11 Å². The van der Waals surface area contributed by atoms with Crippen LogP contribution in [0.1, 0.15) is 11.7 Å². The van der Waals surface area contributed by atoms with E-state index < -0.39 is 0 Å². The van der Waals surface area contributed by atoms with Crippen molar-refractivity contribution in [3.05, 3.63) is 66.7 Å². The second kappa shape index (κ2) is 3.98. The van der Waals surface area contributed by atoms with Gasteiger partial charge in [0.05, 0.1) is 12.2 Å². The fourth-order valence-electron chi connectivity index (χ4n) is 2.07. The summed E-state index contributed by atoms with van der Waals surface area (Å²) < 4.78 is 5.57. The van der Waals surface area contributed by atoms with E-state index >= 15 is 0 Å². The molecule has 2 aromatic rings. The van der Waals surface area contributed by atoms with Gasteiger partial charge >= 0.3 is 0 Å². The molecule has 1 aromatic heterocycles. The van der Waals surface area contributed by atoms with E-state index in [1.165, 1.54) is 0 Å². The summed E-state index contributed by atoms with van der Waals surface area (Å²) in [4.78, 5) is 0. The number of phenols is 1. The SMILES string of the molecule is Oc1ccc(-c2ccoc2C2C=CC=C2)cc1. The molecule has 1 aliphatic rings. The molecule has 1 aliphatic carbocycles. The highest BCUT2D eigenvalue weighted by Gasteiger charge is 2.16. The smallest absolute Gasteiger partial charge is 0.122 e. The number of hydrogen-bond acceptors (Lipinski definition) is 2. The van der Waals surface area contributed by atoms with Crippen molar-refractivity contribution in [1.82, 2.24) is 0 Å². The molecule has 0 aliphatic heterocycles. The van der Waals surface area contributed by atoms with Gasteiger partial charge in [-0.05, 0) is 23.8 Å². The molecule has 0 saturated heterocycles. The standard InChI is InChI=1S/C15H12O2/c16-13-7-5-11(6-8-13)14-9-10-17-15(14)12-3-1-2-4-12/h1-10,12,16H. The summed E-state index contributed by atoms with van der Waals surface area (Å²) in [6.07, 6.45) is 9.95. The summed E-state index contributed by atoms with van der Waals surface area (Å²) >= 11 is 0. The molecule has 0 unspecified atom stereocenters. The number of phenolic OH excluding ortho intramolecular Hbond substituents is 1. The molecular formula is C15H12O2. The average molecular weight is 224 g/mol. The average Bonchev–Trinajstić information content (AvgIpc) is 3.00. The molecular weight excluding hydrogens is 212 g/mol. The Morgan fingerprint density at radius 2 is 1.65 bits per heavy atom. The lowest BCUT2D eigenvalue weighted by Crippen LogP contribution is -1.89. The number of aromatic hydroxyl groups is 1. The van der Waals surface area contributed by atoms with Crippen molar-refractivity contribution in [3.8, 4) is 16.9 Å². The maximum atomic E-state index is 9.29. The molecule has 1 N–H and O–H groups in total. The molecule has 0 fully saturated rings. The highest BCUT2D eigenvalue weighted by atomic mass is 16.3. The van der Waals surface area contributed by atoms with E-state index in [4.69, 9.17) is 4.42 Å². The van der Waals surface area contributed by atoms with Crippen LogP contribution in [0.4, 0.5) is 0 Å². The Balaban J connectivity index is 2.03. The molecule has 0 radical (unpaired) electrons. The van der Waals surface area contributed by atoms with E-state index in [1.807, 2.05) is 30.4 Å². The van der Waals surface area contributed by atoms with Crippen molar-refractivity contribution in [2.24, 2.45) is 0 Å². The minimum atomic E-state index is 0.216. The molecule has 0 spiro atoms. The van der Waals surface area contributed by atoms with Crippen molar-refractivity contribution >= 4 is 0 Å². The van der Waals surface area contributed by atoms with Crippen LogP contribution in [0, 0.1) is 0 Å². The van der Waals surface area contributed by atoms with Gasteiger partial charge < -0.3 is 9.52 Å². The minimum Gasteiger partial charge on any atom is -0.508 e. The predicted molar refractivity (Wildman–Crippen MR) is 66.8 cm³/mol. The summed E-state index contributed by atoms with van der Waals surface area (Å²) in [5.41, 5.74) is 2.13. The van der Waals surface area contributed by atoms with E-state index in [0.717, 1.165) is 16.9 Å². The number of rotatable bonds is 2. The Labute approximate surface area is 99.5 Å². The molecule has 1 aromatic carbocycles. The Morgan fingerprint density at radius 1 is 0.941 bits per heavy atom. The van der Waals surface area contributed by atoms with Gasteiger partial charge in [0, 0.05) is 5.56 Å². The normalized spacial score (nSPS) is 14.6. The Morgan fingerprint density at radius 3 is 2.35 bits per heavy atom. The van der Waals surface area contributed by atoms with Gasteiger partial charge in [-0.3, -0.25) is 0 Å². The number of benzene rings is 1. The van der Waals surface area contributed by atoms with Gasteiger partial charge in [0.2, 0.25) is 0 Å². The lowest BCUT2D eigenvalue weighted by atomic mass is 9.99. The summed E-state index contributed by atoms with van der Waals surface area (Å²) in [5, 5.41) is 9.29. The largest absolute Gasteiger partial charge is 0.508 e. The van der Waals surface area contributed by atoms with Crippen molar-refractivity contribution < 1.29 is 9.52 Å². The van der Waals surface area contributed by atoms with Gasteiger partial charge in [0.1, 0.15) is 11.5 Å². The summed E-state index contributed by atoms with van der Waals surface area (Å²) in [6.45, 7) is 0. The predicted octanol–water partition coefficient (Wildman–Crippen LogP) is 3.86. The zero-order valence-corrected chi connectivity index (χ0v) is 9.21. The van der Waals surface area contributed by atoms with Crippen molar-refractivity contribution in [1.29, 1.82) is 0 Å². The molecule has 2 nitrogen and oxygen atoms in total. The molecule has 2 heteroatoms. The Hall–Kier alpha value is -2.22. The van der Waals surface area contributed by atoms with Crippen LogP contribution in [-0.2, 0) is 0 Å². The van der Waals surface area contributed by atoms with Crippen LogP contribution in [0.25, 0.3) is 11.1 Å². The number of hydrogen-bond donors (Lipinski definition) is 1. The maximum absolute atomic E-state index is 9.29. The first-order chi connectivity index (χ1) is 8.34. The Kier molecular flexibility index (Phi) is 2.33. The van der Waals surface area contributed by atoms with Crippen LogP contribution in [0.5, 0.6) is 5.75 Å². The molecule has 0 amide bonds. The van der Waals surface area contributed by atoms with E-state index in [0.29, 0.717) is 0 Å². The second-order valence-corrected chi connectivity index (χ2v) is 4.04.